The van der Waals surface area contributed by atoms with Crippen LogP contribution in [0, 0.1) is 0 Å². The van der Waals surface area contributed by atoms with Crippen molar-refractivity contribution in [3.05, 3.63) is 66.0 Å². The van der Waals surface area contributed by atoms with Crippen LogP contribution in [-0.2, 0) is 6.54 Å². The van der Waals surface area contributed by atoms with Crippen LogP contribution >= 0.6 is 0 Å². The molecule has 0 saturated carbocycles. The van der Waals surface area contributed by atoms with Gasteiger partial charge in [0.25, 0.3) is 0 Å². The van der Waals surface area contributed by atoms with Gasteiger partial charge in [0.1, 0.15) is 0 Å². The number of hydrogen-bond donors (Lipinski definition) is 1. The molecule has 4 heteroatoms. The number of hydrogen-bond acceptors (Lipinski definition) is 3. The summed E-state index contributed by atoms with van der Waals surface area (Å²) in [7, 11) is 0. The molecule has 0 unspecified atom stereocenters. The monoisotopic (exact) mass is 266 g/mol. The van der Waals surface area contributed by atoms with Crippen LogP contribution in [0.25, 0.3) is 11.0 Å². The first-order valence-corrected chi connectivity index (χ1v) is 6.47. The number of benzene rings is 2. The number of rotatable bonds is 4. The number of carbonyl (C=O) groups is 1. The predicted molar refractivity (Wildman–Crippen MR) is 76.7 cm³/mol. The number of ketones is 1. The fourth-order valence-corrected chi connectivity index (χ4v) is 2.29. The second-order valence-electron chi connectivity index (χ2n) is 4.49. The molecule has 0 aliphatic carbocycles. The average Bonchev–Trinajstić information content (AvgIpc) is 2.87. The van der Waals surface area contributed by atoms with Gasteiger partial charge in [0.15, 0.2) is 5.82 Å². The van der Waals surface area contributed by atoms with E-state index in [-0.39, 0.29) is 12.4 Å². The van der Waals surface area contributed by atoms with E-state index in [1.165, 1.54) is 0 Å². The van der Waals surface area contributed by atoms with E-state index >= 15 is 0 Å². The highest BCUT2D eigenvalue weighted by Crippen LogP contribution is 2.18. The van der Waals surface area contributed by atoms with E-state index in [1.807, 2.05) is 42.5 Å². The lowest BCUT2D eigenvalue weighted by Gasteiger charge is -2.06. The van der Waals surface area contributed by atoms with Gasteiger partial charge in [0.05, 0.1) is 17.6 Å². The molecule has 4 nitrogen and oxygen atoms in total. The van der Waals surface area contributed by atoms with Crippen LogP contribution in [-0.4, -0.2) is 27.0 Å². The van der Waals surface area contributed by atoms with Crippen LogP contribution in [0.4, 0.5) is 0 Å². The van der Waals surface area contributed by atoms with Crippen molar-refractivity contribution in [1.82, 2.24) is 9.55 Å². The Morgan fingerprint density at radius 2 is 1.75 bits per heavy atom. The lowest BCUT2D eigenvalue weighted by molar-refractivity contribution is 0.102. The van der Waals surface area contributed by atoms with Crippen LogP contribution in [0.15, 0.2) is 54.6 Å². The summed E-state index contributed by atoms with van der Waals surface area (Å²) >= 11 is 0. The van der Waals surface area contributed by atoms with Crippen LogP contribution in [0.3, 0.4) is 0 Å². The van der Waals surface area contributed by atoms with Crippen molar-refractivity contribution in [3.8, 4) is 0 Å². The van der Waals surface area contributed by atoms with Crippen LogP contribution in [0.5, 0.6) is 0 Å². The van der Waals surface area contributed by atoms with Crippen molar-refractivity contribution in [3.63, 3.8) is 0 Å². The number of nitrogens with zero attached hydrogens (tertiary/aromatic N) is 2. The number of carbonyl (C=O) groups excluding carboxylic acids is 1. The molecular formula is C16H14N2O2. The number of aromatic nitrogens is 2. The third kappa shape index (κ3) is 2.10. The van der Waals surface area contributed by atoms with Crippen LogP contribution in [0.1, 0.15) is 16.2 Å². The van der Waals surface area contributed by atoms with Gasteiger partial charge >= 0.3 is 0 Å². The Morgan fingerprint density at radius 1 is 1.05 bits per heavy atom. The smallest absolute Gasteiger partial charge is 0.228 e. The normalized spacial score (nSPS) is 10.8. The summed E-state index contributed by atoms with van der Waals surface area (Å²) in [5.74, 6) is 0.238. The topological polar surface area (TPSA) is 55.1 Å². The number of fused-ring (bicyclic) bond motifs is 1. The third-order valence-electron chi connectivity index (χ3n) is 3.22. The number of imidazole rings is 1. The van der Waals surface area contributed by atoms with Crippen molar-refractivity contribution in [2.75, 3.05) is 6.61 Å². The lowest BCUT2D eigenvalue weighted by atomic mass is 10.1. The molecule has 0 aliphatic heterocycles. The molecule has 0 saturated heterocycles. The summed E-state index contributed by atoms with van der Waals surface area (Å²) in [6, 6.07) is 16.6. The molecule has 0 bridgehead atoms. The first-order chi connectivity index (χ1) is 9.81. The molecule has 0 amide bonds. The van der Waals surface area contributed by atoms with Gasteiger partial charge in [-0.1, -0.05) is 42.5 Å². The van der Waals surface area contributed by atoms with Crippen molar-refractivity contribution < 1.29 is 9.90 Å². The predicted octanol–water partition coefficient (Wildman–Crippen LogP) is 2.26. The highest BCUT2D eigenvalue weighted by molar-refractivity contribution is 6.08. The minimum atomic E-state index is -0.129. The molecule has 1 heterocycles. The molecule has 2 aromatic carbocycles. The Morgan fingerprint density at radius 3 is 2.50 bits per heavy atom. The average molecular weight is 266 g/mol. The summed E-state index contributed by atoms with van der Waals surface area (Å²) < 4.78 is 1.77. The maximum atomic E-state index is 12.5. The summed E-state index contributed by atoms with van der Waals surface area (Å²) in [6.45, 7) is 0.323. The van der Waals surface area contributed by atoms with Crippen molar-refractivity contribution in [2.45, 2.75) is 6.54 Å². The summed E-state index contributed by atoms with van der Waals surface area (Å²) in [5, 5.41) is 9.21. The third-order valence-corrected chi connectivity index (χ3v) is 3.22. The molecule has 3 aromatic rings. The molecule has 0 spiro atoms. The zero-order valence-corrected chi connectivity index (χ0v) is 10.9. The van der Waals surface area contributed by atoms with Gasteiger partial charge in [-0.15, -0.1) is 0 Å². The largest absolute Gasteiger partial charge is 0.395 e. The summed E-state index contributed by atoms with van der Waals surface area (Å²) in [5.41, 5.74) is 2.23. The maximum absolute atomic E-state index is 12.5. The second-order valence-corrected chi connectivity index (χ2v) is 4.49. The number of para-hydroxylation sites is 2. The van der Waals surface area contributed by atoms with E-state index in [1.54, 1.807) is 16.7 Å². The molecule has 0 atom stereocenters. The Hall–Kier alpha value is -2.46. The molecule has 20 heavy (non-hydrogen) atoms. The molecule has 1 N–H and O–H groups in total. The minimum absolute atomic E-state index is 0.0323. The second kappa shape index (κ2) is 5.27. The van der Waals surface area contributed by atoms with E-state index in [0.29, 0.717) is 17.9 Å². The first-order valence-electron chi connectivity index (χ1n) is 6.47. The highest BCUT2D eigenvalue weighted by Gasteiger charge is 2.18. The molecule has 1 aromatic heterocycles. The van der Waals surface area contributed by atoms with Gasteiger partial charge in [-0.25, -0.2) is 4.98 Å². The van der Waals surface area contributed by atoms with E-state index in [4.69, 9.17) is 0 Å². The minimum Gasteiger partial charge on any atom is -0.395 e. The van der Waals surface area contributed by atoms with Gasteiger partial charge in [-0.3, -0.25) is 4.79 Å². The van der Waals surface area contributed by atoms with Crippen molar-refractivity contribution in [1.29, 1.82) is 0 Å². The zero-order valence-electron chi connectivity index (χ0n) is 10.9. The molecule has 0 radical (unpaired) electrons. The maximum Gasteiger partial charge on any atom is 0.228 e. The van der Waals surface area contributed by atoms with E-state index in [0.717, 1.165) is 11.0 Å². The van der Waals surface area contributed by atoms with Crippen LogP contribution < -0.4 is 0 Å². The van der Waals surface area contributed by atoms with Crippen LogP contribution in [0.2, 0.25) is 0 Å². The zero-order chi connectivity index (χ0) is 13.9. The Labute approximate surface area is 116 Å². The SMILES string of the molecule is O=C(c1ccccc1)c1nc2ccccc2n1CCO. The Balaban J connectivity index is 2.15. The molecule has 0 aliphatic rings. The fraction of sp³-hybridized carbons (Fsp3) is 0.125. The molecule has 0 fully saturated rings. The van der Waals surface area contributed by atoms with Gasteiger partial charge < -0.3 is 9.67 Å². The van der Waals surface area contributed by atoms with Crippen molar-refractivity contribution >= 4 is 16.8 Å². The quantitative estimate of drug-likeness (QED) is 0.737. The fourth-order valence-electron chi connectivity index (χ4n) is 2.29. The first kappa shape index (κ1) is 12.6. The van der Waals surface area contributed by atoms with Gasteiger partial charge in [0.2, 0.25) is 5.78 Å². The molecule has 100 valence electrons. The van der Waals surface area contributed by atoms with E-state index in [2.05, 4.69) is 4.98 Å². The van der Waals surface area contributed by atoms with Crippen molar-refractivity contribution in [2.24, 2.45) is 0 Å². The van der Waals surface area contributed by atoms with Gasteiger partial charge in [-0.05, 0) is 12.1 Å². The van der Waals surface area contributed by atoms with E-state index in [9.17, 15) is 9.90 Å². The summed E-state index contributed by atoms with van der Waals surface area (Å²) in [4.78, 5) is 17.0. The standard InChI is InChI=1S/C16H14N2O2/c19-11-10-18-14-9-5-4-8-13(14)17-16(18)15(20)12-6-2-1-3-7-12/h1-9,19H,10-11H2. The van der Waals surface area contributed by atoms with E-state index < -0.39 is 0 Å². The Kier molecular flexibility index (Phi) is 3.31. The number of aliphatic hydroxyl groups is 1. The molecular weight excluding hydrogens is 252 g/mol. The van der Waals surface area contributed by atoms with Gasteiger partial charge in [-0.2, -0.15) is 0 Å². The Bertz CT molecular complexity index is 748. The van der Waals surface area contributed by atoms with Gasteiger partial charge in [0, 0.05) is 12.1 Å². The highest BCUT2D eigenvalue weighted by atomic mass is 16.3. The summed E-state index contributed by atoms with van der Waals surface area (Å²) in [6.07, 6.45) is 0. The number of aliphatic hydroxyl groups excluding tert-OH is 1. The lowest BCUT2D eigenvalue weighted by Crippen LogP contribution is -2.13. The molecule has 3 rings (SSSR count).